The maximum absolute atomic E-state index is 12.4. The van der Waals surface area contributed by atoms with E-state index < -0.39 is 12.1 Å². The number of nitrogens with one attached hydrogen (secondary N) is 1. The number of esters is 1. The molecule has 0 saturated carbocycles. The van der Waals surface area contributed by atoms with Gasteiger partial charge in [-0.3, -0.25) is 4.79 Å². The highest BCUT2D eigenvalue weighted by Gasteiger charge is 2.19. The Bertz CT molecular complexity index is 859. The smallest absolute Gasteiger partial charge is 0.338 e. The number of nitrogens with zero attached hydrogens (tertiary/aromatic N) is 1. The van der Waals surface area contributed by atoms with E-state index in [1.807, 2.05) is 50.2 Å². The highest BCUT2D eigenvalue weighted by Crippen LogP contribution is 2.19. The summed E-state index contributed by atoms with van der Waals surface area (Å²) in [6.07, 6.45) is -0.782. The Hall–Kier alpha value is -2.90. The molecule has 1 N–H and O–H groups in total. The first-order valence-corrected chi connectivity index (χ1v) is 10.6. The van der Waals surface area contributed by atoms with Crippen molar-refractivity contribution in [1.29, 1.82) is 0 Å². The van der Waals surface area contributed by atoms with Gasteiger partial charge in [0, 0.05) is 24.5 Å². The van der Waals surface area contributed by atoms with Crippen LogP contribution in [-0.2, 0) is 25.6 Å². The van der Waals surface area contributed by atoms with E-state index in [9.17, 15) is 9.59 Å². The summed E-state index contributed by atoms with van der Waals surface area (Å²) in [6, 6.07) is 14.6. The topological polar surface area (TPSA) is 77.1 Å². The zero-order valence-electron chi connectivity index (χ0n) is 18.3. The summed E-state index contributed by atoms with van der Waals surface area (Å²) in [5.41, 5.74) is 3.10. The Morgan fingerprint density at radius 2 is 1.65 bits per heavy atom. The third-order valence-electron chi connectivity index (χ3n) is 4.94. The third kappa shape index (κ3) is 6.80. The summed E-state index contributed by atoms with van der Waals surface area (Å²) in [4.78, 5) is 27.0. The van der Waals surface area contributed by atoms with Crippen molar-refractivity contribution in [3.8, 4) is 0 Å². The van der Waals surface area contributed by atoms with Crippen LogP contribution in [0.1, 0.15) is 36.7 Å². The van der Waals surface area contributed by atoms with E-state index in [2.05, 4.69) is 10.2 Å². The number of carbonyl (C=O) groups excluding carboxylic acids is 2. The summed E-state index contributed by atoms with van der Waals surface area (Å²) in [6.45, 7) is 9.12. The fraction of sp³-hybridized carbons (Fsp3) is 0.417. The maximum Gasteiger partial charge on any atom is 0.338 e. The second kappa shape index (κ2) is 10.9. The molecule has 7 heteroatoms. The van der Waals surface area contributed by atoms with Gasteiger partial charge in [-0.05, 0) is 62.7 Å². The van der Waals surface area contributed by atoms with Crippen molar-refractivity contribution >= 4 is 23.3 Å². The van der Waals surface area contributed by atoms with E-state index in [0.717, 1.165) is 37.6 Å². The van der Waals surface area contributed by atoms with Gasteiger partial charge in [0.05, 0.1) is 31.5 Å². The molecule has 1 atom stereocenters. The molecule has 0 aromatic heterocycles. The minimum Gasteiger partial charge on any atom is -0.449 e. The number of ether oxygens (including phenoxy) is 3. The largest absolute Gasteiger partial charge is 0.449 e. The molecule has 1 heterocycles. The number of hydrogen-bond acceptors (Lipinski definition) is 6. The van der Waals surface area contributed by atoms with Crippen molar-refractivity contribution in [2.24, 2.45) is 0 Å². The fourth-order valence-corrected chi connectivity index (χ4v) is 3.10. The highest BCUT2D eigenvalue weighted by atomic mass is 16.5. The van der Waals surface area contributed by atoms with Crippen LogP contribution in [0, 0.1) is 0 Å². The van der Waals surface area contributed by atoms with Gasteiger partial charge in [0.2, 0.25) is 0 Å². The number of rotatable bonds is 8. The first kappa shape index (κ1) is 22.8. The monoisotopic (exact) mass is 426 g/mol. The number of anilines is 2. The van der Waals surface area contributed by atoms with E-state index in [1.165, 1.54) is 0 Å². The quantitative estimate of drug-likeness (QED) is 0.650. The second-order valence-corrected chi connectivity index (χ2v) is 7.74. The molecule has 2 aromatic rings. The molecule has 31 heavy (non-hydrogen) atoms. The van der Waals surface area contributed by atoms with Gasteiger partial charge in [-0.2, -0.15) is 0 Å². The maximum atomic E-state index is 12.4. The van der Waals surface area contributed by atoms with Gasteiger partial charge in [-0.15, -0.1) is 0 Å². The summed E-state index contributed by atoms with van der Waals surface area (Å²) < 4.78 is 16.2. The molecule has 166 valence electrons. The van der Waals surface area contributed by atoms with Crippen LogP contribution in [0.2, 0.25) is 0 Å². The zero-order valence-corrected chi connectivity index (χ0v) is 18.3. The lowest BCUT2D eigenvalue weighted by Gasteiger charge is -2.28. The molecule has 1 aliphatic rings. The number of morpholine rings is 1. The fourth-order valence-electron chi connectivity index (χ4n) is 3.10. The number of amides is 1. The lowest BCUT2D eigenvalue weighted by molar-refractivity contribution is -0.123. The average molecular weight is 427 g/mol. The van der Waals surface area contributed by atoms with Crippen molar-refractivity contribution in [3.63, 3.8) is 0 Å². The number of hydrogen-bond donors (Lipinski definition) is 1. The molecule has 1 fully saturated rings. The van der Waals surface area contributed by atoms with Gasteiger partial charge in [-0.1, -0.05) is 12.1 Å². The molecule has 0 aliphatic carbocycles. The van der Waals surface area contributed by atoms with Crippen LogP contribution in [-0.4, -0.2) is 50.4 Å². The third-order valence-corrected chi connectivity index (χ3v) is 4.94. The Morgan fingerprint density at radius 1 is 1.00 bits per heavy atom. The minimum absolute atomic E-state index is 0.138. The van der Waals surface area contributed by atoms with Crippen LogP contribution in [0.3, 0.4) is 0 Å². The molecule has 7 nitrogen and oxygen atoms in total. The van der Waals surface area contributed by atoms with Gasteiger partial charge in [0.1, 0.15) is 0 Å². The molecule has 0 spiro atoms. The standard InChI is InChI=1S/C24H30N2O5/c1-17(2)30-16-19-4-6-20(7-5-19)24(28)31-18(3)23(27)25-21-8-10-22(11-9-21)26-12-14-29-15-13-26/h4-11,17-18H,12-16H2,1-3H3,(H,25,27)/t18-/m1/s1. The van der Waals surface area contributed by atoms with Gasteiger partial charge in [0.25, 0.3) is 5.91 Å². The molecule has 0 unspecified atom stereocenters. The van der Waals surface area contributed by atoms with E-state index >= 15 is 0 Å². The molecule has 3 rings (SSSR count). The van der Waals surface area contributed by atoms with E-state index in [1.54, 1.807) is 19.1 Å². The van der Waals surface area contributed by atoms with Gasteiger partial charge in [-0.25, -0.2) is 4.79 Å². The molecule has 1 amide bonds. The lowest BCUT2D eigenvalue weighted by Crippen LogP contribution is -2.36. The van der Waals surface area contributed by atoms with Gasteiger partial charge in [0.15, 0.2) is 6.10 Å². The summed E-state index contributed by atoms with van der Waals surface area (Å²) in [7, 11) is 0. The van der Waals surface area contributed by atoms with Crippen LogP contribution < -0.4 is 10.2 Å². The summed E-state index contributed by atoms with van der Waals surface area (Å²) in [5.74, 6) is -0.920. The van der Waals surface area contributed by atoms with Crippen LogP contribution in [0.25, 0.3) is 0 Å². The summed E-state index contributed by atoms with van der Waals surface area (Å²) in [5, 5.41) is 2.79. The van der Waals surface area contributed by atoms with Crippen LogP contribution >= 0.6 is 0 Å². The van der Waals surface area contributed by atoms with Gasteiger partial charge >= 0.3 is 5.97 Å². The predicted molar refractivity (Wildman–Crippen MR) is 119 cm³/mol. The Morgan fingerprint density at radius 3 is 2.26 bits per heavy atom. The highest BCUT2D eigenvalue weighted by molar-refractivity contribution is 5.97. The predicted octanol–water partition coefficient (Wildman–Crippen LogP) is 3.63. The van der Waals surface area contributed by atoms with Crippen molar-refractivity contribution in [1.82, 2.24) is 0 Å². The zero-order chi connectivity index (χ0) is 22.2. The molecule has 1 saturated heterocycles. The SMILES string of the molecule is CC(C)OCc1ccc(C(=O)O[C@H](C)C(=O)Nc2ccc(N3CCOCC3)cc2)cc1. The minimum atomic E-state index is -0.921. The molecule has 0 radical (unpaired) electrons. The van der Waals surface area contributed by atoms with Crippen molar-refractivity contribution in [2.45, 2.75) is 39.6 Å². The van der Waals surface area contributed by atoms with Crippen molar-refractivity contribution in [3.05, 3.63) is 59.7 Å². The van der Waals surface area contributed by atoms with Crippen LogP contribution in [0.5, 0.6) is 0 Å². The summed E-state index contributed by atoms with van der Waals surface area (Å²) >= 11 is 0. The molecule has 0 bridgehead atoms. The Labute approximate surface area is 183 Å². The molecular weight excluding hydrogens is 396 g/mol. The lowest BCUT2D eigenvalue weighted by atomic mass is 10.1. The van der Waals surface area contributed by atoms with Gasteiger partial charge < -0.3 is 24.4 Å². The normalized spacial score (nSPS) is 14.9. The van der Waals surface area contributed by atoms with Crippen LogP contribution in [0.4, 0.5) is 11.4 Å². The Balaban J connectivity index is 1.49. The van der Waals surface area contributed by atoms with Crippen molar-refractivity contribution < 1.29 is 23.8 Å². The van der Waals surface area contributed by atoms with Crippen LogP contribution in [0.15, 0.2) is 48.5 Å². The van der Waals surface area contributed by atoms with E-state index in [0.29, 0.717) is 17.9 Å². The van der Waals surface area contributed by atoms with E-state index in [-0.39, 0.29) is 12.0 Å². The second-order valence-electron chi connectivity index (χ2n) is 7.74. The Kier molecular flexibility index (Phi) is 8.03. The number of benzene rings is 2. The van der Waals surface area contributed by atoms with E-state index in [4.69, 9.17) is 14.2 Å². The molecule has 2 aromatic carbocycles. The average Bonchev–Trinajstić information content (AvgIpc) is 2.79. The molecule has 1 aliphatic heterocycles. The van der Waals surface area contributed by atoms with Crippen molar-refractivity contribution in [2.75, 3.05) is 36.5 Å². The number of carbonyl (C=O) groups is 2. The molecular formula is C24H30N2O5. The first-order chi connectivity index (χ1) is 14.9. The first-order valence-electron chi connectivity index (χ1n) is 10.6.